The molecular weight excluding hydrogens is 244 g/mol. The van der Waals surface area contributed by atoms with Gasteiger partial charge in [0.25, 0.3) is 0 Å². The third-order valence-electron chi connectivity index (χ3n) is 3.70. The van der Waals surface area contributed by atoms with E-state index in [0.717, 1.165) is 11.3 Å². The second kappa shape index (κ2) is 4.76. The lowest BCUT2D eigenvalue weighted by Gasteiger charge is -2.25. The highest BCUT2D eigenvalue weighted by atomic mass is 15.0. The van der Waals surface area contributed by atoms with Gasteiger partial charge >= 0.3 is 0 Å². The Kier molecular flexibility index (Phi) is 3.53. The van der Waals surface area contributed by atoms with Gasteiger partial charge < -0.3 is 5.32 Å². The minimum absolute atomic E-state index is 0.0806. The Morgan fingerprint density at radius 2 is 1.50 bits per heavy atom. The van der Waals surface area contributed by atoms with E-state index in [-0.39, 0.29) is 10.8 Å². The molecule has 0 saturated heterocycles. The fraction of sp³-hybridized carbons (Fsp3) is 0.500. The quantitative estimate of drug-likeness (QED) is 0.799. The minimum Gasteiger partial charge on any atom is -0.373 e. The van der Waals surface area contributed by atoms with Gasteiger partial charge in [-0.3, -0.25) is 0 Å². The van der Waals surface area contributed by atoms with Crippen LogP contribution in [0, 0.1) is 0 Å². The molecule has 20 heavy (non-hydrogen) atoms. The van der Waals surface area contributed by atoms with E-state index < -0.39 is 0 Å². The van der Waals surface area contributed by atoms with Crippen molar-refractivity contribution >= 4 is 16.7 Å². The molecule has 1 aromatic heterocycles. The molecule has 0 fully saturated rings. The number of rotatable bonds is 1. The number of aromatic nitrogens is 1. The van der Waals surface area contributed by atoms with Crippen molar-refractivity contribution in [1.29, 1.82) is 0 Å². The van der Waals surface area contributed by atoms with Crippen molar-refractivity contribution in [2.24, 2.45) is 0 Å². The summed E-state index contributed by atoms with van der Waals surface area (Å²) in [4.78, 5) is 4.92. The maximum absolute atomic E-state index is 4.92. The number of hydrogen-bond donors (Lipinski definition) is 1. The van der Waals surface area contributed by atoms with Crippen molar-refractivity contribution in [3.05, 3.63) is 35.4 Å². The van der Waals surface area contributed by atoms with Gasteiger partial charge in [0.2, 0.25) is 0 Å². The predicted molar refractivity (Wildman–Crippen MR) is 88.7 cm³/mol. The van der Waals surface area contributed by atoms with E-state index in [4.69, 9.17) is 4.98 Å². The summed E-state index contributed by atoms with van der Waals surface area (Å²) >= 11 is 0. The van der Waals surface area contributed by atoms with Crippen LogP contribution in [0.25, 0.3) is 10.9 Å². The van der Waals surface area contributed by atoms with Crippen LogP contribution in [0.2, 0.25) is 0 Å². The van der Waals surface area contributed by atoms with Gasteiger partial charge in [0.1, 0.15) is 5.82 Å². The van der Waals surface area contributed by atoms with Crippen LogP contribution in [0.1, 0.15) is 52.7 Å². The molecule has 2 aromatic rings. The van der Waals surface area contributed by atoms with Crippen LogP contribution in [0.3, 0.4) is 0 Å². The first kappa shape index (κ1) is 14.8. The molecular formula is C18H26N2. The molecule has 0 aliphatic carbocycles. The highest BCUT2D eigenvalue weighted by molar-refractivity contribution is 5.86. The molecule has 0 radical (unpaired) electrons. The first-order valence-electron chi connectivity index (χ1n) is 7.27. The number of para-hydroxylation sites is 1. The highest BCUT2D eigenvalue weighted by Gasteiger charge is 2.22. The summed E-state index contributed by atoms with van der Waals surface area (Å²) in [6.07, 6.45) is 0. The Morgan fingerprint density at radius 1 is 0.900 bits per heavy atom. The van der Waals surface area contributed by atoms with E-state index in [9.17, 15) is 0 Å². The number of benzene rings is 1. The van der Waals surface area contributed by atoms with Crippen LogP contribution < -0.4 is 5.32 Å². The first-order valence-corrected chi connectivity index (χ1v) is 7.27. The van der Waals surface area contributed by atoms with Crippen molar-refractivity contribution in [3.63, 3.8) is 0 Å². The van der Waals surface area contributed by atoms with E-state index in [2.05, 4.69) is 71.1 Å². The van der Waals surface area contributed by atoms with Crippen molar-refractivity contribution < 1.29 is 0 Å². The molecule has 0 aliphatic heterocycles. The second-order valence-electron chi connectivity index (χ2n) is 7.51. The maximum atomic E-state index is 4.92. The van der Waals surface area contributed by atoms with E-state index in [1.807, 2.05) is 7.05 Å². The number of nitrogens with zero attached hydrogens (tertiary/aromatic N) is 1. The van der Waals surface area contributed by atoms with Crippen LogP contribution in [0.5, 0.6) is 0 Å². The second-order valence-corrected chi connectivity index (χ2v) is 7.51. The first-order chi connectivity index (χ1) is 9.14. The number of fused-ring (bicyclic) bond motifs is 1. The number of hydrogen-bond acceptors (Lipinski definition) is 2. The lowest BCUT2D eigenvalue weighted by atomic mass is 9.83. The summed E-state index contributed by atoms with van der Waals surface area (Å²) in [6, 6.07) is 8.76. The lowest BCUT2D eigenvalue weighted by Crippen LogP contribution is -2.17. The number of pyridine rings is 1. The average Bonchev–Trinajstić information content (AvgIpc) is 2.34. The van der Waals surface area contributed by atoms with E-state index >= 15 is 0 Å². The molecule has 0 saturated carbocycles. The molecule has 1 aromatic carbocycles. The van der Waals surface area contributed by atoms with Gasteiger partial charge in [-0.1, -0.05) is 59.7 Å². The zero-order chi connectivity index (χ0) is 15.1. The average molecular weight is 270 g/mol. The van der Waals surface area contributed by atoms with Crippen molar-refractivity contribution in [2.75, 3.05) is 12.4 Å². The summed E-state index contributed by atoms with van der Waals surface area (Å²) in [5.41, 5.74) is 3.85. The Labute approximate surface area is 122 Å². The molecule has 0 aliphatic rings. The third kappa shape index (κ3) is 2.65. The van der Waals surface area contributed by atoms with Gasteiger partial charge in [-0.2, -0.15) is 0 Å². The third-order valence-corrected chi connectivity index (χ3v) is 3.70. The van der Waals surface area contributed by atoms with Crippen molar-refractivity contribution in [3.8, 4) is 0 Å². The molecule has 0 bridgehead atoms. The molecule has 2 nitrogen and oxygen atoms in total. The van der Waals surface area contributed by atoms with Gasteiger partial charge in [-0.15, -0.1) is 0 Å². The topological polar surface area (TPSA) is 24.9 Å². The van der Waals surface area contributed by atoms with Crippen LogP contribution in [0.15, 0.2) is 24.3 Å². The molecule has 0 atom stereocenters. The fourth-order valence-corrected chi connectivity index (χ4v) is 2.57. The lowest BCUT2D eigenvalue weighted by molar-refractivity contribution is 0.588. The largest absolute Gasteiger partial charge is 0.373 e. The maximum Gasteiger partial charge on any atom is 0.130 e. The summed E-state index contributed by atoms with van der Waals surface area (Å²) in [6.45, 7) is 13.4. The standard InChI is InChI=1S/C18H26N2/c1-17(2,3)13-10-8-9-12-11-14(18(4,5)6)16(19-7)20-15(12)13/h8-11H,1-7H3,(H,19,20). The summed E-state index contributed by atoms with van der Waals surface area (Å²) in [5.74, 6) is 0.988. The summed E-state index contributed by atoms with van der Waals surface area (Å²) in [5, 5.41) is 4.49. The van der Waals surface area contributed by atoms with Crippen molar-refractivity contribution in [1.82, 2.24) is 4.98 Å². The molecule has 1 heterocycles. The Balaban J connectivity index is 2.81. The van der Waals surface area contributed by atoms with Crippen LogP contribution >= 0.6 is 0 Å². The Bertz CT molecular complexity index is 628. The monoisotopic (exact) mass is 270 g/mol. The van der Waals surface area contributed by atoms with E-state index in [1.165, 1.54) is 16.5 Å². The zero-order valence-electron chi connectivity index (χ0n) is 13.8. The smallest absolute Gasteiger partial charge is 0.130 e. The molecule has 2 rings (SSSR count). The van der Waals surface area contributed by atoms with Gasteiger partial charge in [0.15, 0.2) is 0 Å². The number of anilines is 1. The normalized spacial score (nSPS) is 12.8. The molecule has 0 unspecified atom stereocenters. The van der Waals surface area contributed by atoms with Crippen LogP contribution in [-0.2, 0) is 10.8 Å². The fourth-order valence-electron chi connectivity index (χ4n) is 2.57. The Hall–Kier alpha value is -1.57. The van der Waals surface area contributed by atoms with Crippen molar-refractivity contribution in [2.45, 2.75) is 52.4 Å². The SMILES string of the molecule is CNc1nc2c(C(C)(C)C)cccc2cc1C(C)(C)C. The van der Waals surface area contributed by atoms with E-state index in [1.54, 1.807) is 0 Å². The summed E-state index contributed by atoms with van der Waals surface area (Å²) in [7, 11) is 1.95. The van der Waals surface area contributed by atoms with Crippen LogP contribution in [-0.4, -0.2) is 12.0 Å². The summed E-state index contributed by atoms with van der Waals surface area (Å²) < 4.78 is 0. The van der Waals surface area contributed by atoms with Gasteiger partial charge in [-0.05, 0) is 22.5 Å². The molecule has 1 N–H and O–H groups in total. The zero-order valence-corrected chi connectivity index (χ0v) is 13.8. The minimum atomic E-state index is 0.0806. The Morgan fingerprint density at radius 3 is 2.00 bits per heavy atom. The van der Waals surface area contributed by atoms with Gasteiger partial charge in [0.05, 0.1) is 5.52 Å². The predicted octanol–water partition coefficient (Wildman–Crippen LogP) is 4.87. The molecule has 0 spiro atoms. The molecule has 108 valence electrons. The van der Waals surface area contributed by atoms with Crippen LogP contribution in [0.4, 0.5) is 5.82 Å². The number of nitrogens with one attached hydrogen (secondary N) is 1. The molecule has 2 heteroatoms. The van der Waals surface area contributed by atoms with E-state index in [0.29, 0.717) is 0 Å². The van der Waals surface area contributed by atoms with Gasteiger partial charge in [0, 0.05) is 18.0 Å². The van der Waals surface area contributed by atoms with Gasteiger partial charge in [-0.25, -0.2) is 4.98 Å². The molecule has 0 amide bonds. The highest BCUT2D eigenvalue weighted by Crippen LogP contribution is 2.34.